The van der Waals surface area contributed by atoms with Gasteiger partial charge in [-0.15, -0.1) is 0 Å². The largest absolute Gasteiger partial charge is 0.344 e. The van der Waals surface area contributed by atoms with Gasteiger partial charge in [0.25, 0.3) is 0 Å². The van der Waals surface area contributed by atoms with Crippen LogP contribution in [0.3, 0.4) is 0 Å². The van der Waals surface area contributed by atoms with E-state index < -0.39 is 0 Å². The molecule has 2 aliphatic rings. The van der Waals surface area contributed by atoms with E-state index in [9.17, 15) is 0 Å². The van der Waals surface area contributed by atoms with Gasteiger partial charge in [-0.1, -0.05) is 50.8 Å². The molecular formula is C31H38N4. The number of nitrogens with one attached hydrogen (secondary N) is 1. The van der Waals surface area contributed by atoms with E-state index in [0.29, 0.717) is 5.92 Å². The summed E-state index contributed by atoms with van der Waals surface area (Å²) < 4.78 is 0. The Morgan fingerprint density at radius 1 is 1.11 bits per heavy atom. The SMILES string of the molecule is C=C(CC)c1ccc2ccc(CCC3=NCCC4=C(N3)C(C)=CC(CC)C=C4C)nc2c1N=CC. The van der Waals surface area contributed by atoms with Gasteiger partial charge in [-0.2, -0.15) is 0 Å². The summed E-state index contributed by atoms with van der Waals surface area (Å²) in [5, 5.41) is 4.82. The van der Waals surface area contributed by atoms with E-state index in [2.05, 4.69) is 81.0 Å². The molecule has 1 unspecified atom stereocenters. The molecule has 0 saturated heterocycles. The quantitative estimate of drug-likeness (QED) is 0.422. The number of hydrogen-bond donors (Lipinski definition) is 1. The second kappa shape index (κ2) is 11.0. The third kappa shape index (κ3) is 5.37. The zero-order chi connectivity index (χ0) is 24.9. The minimum absolute atomic E-state index is 0.500. The lowest BCUT2D eigenvalue weighted by Gasteiger charge is -2.16. The summed E-state index contributed by atoms with van der Waals surface area (Å²) in [6, 6.07) is 8.54. The minimum Gasteiger partial charge on any atom is -0.344 e. The van der Waals surface area contributed by atoms with Crippen molar-refractivity contribution < 1.29 is 0 Å². The van der Waals surface area contributed by atoms with Crippen molar-refractivity contribution in [2.45, 2.75) is 66.7 Å². The third-order valence-corrected chi connectivity index (χ3v) is 7.08. The van der Waals surface area contributed by atoms with Crippen LogP contribution in [0.4, 0.5) is 5.69 Å². The Balaban J connectivity index is 1.59. The zero-order valence-electron chi connectivity index (χ0n) is 21.9. The van der Waals surface area contributed by atoms with E-state index in [0.717, 1.165) is 77.9 Å². The van der Waals surface area contributed by atoms with Crippen molar-refractivity contribution in [1.82, 2.24) is 10.3 Å². The first-order valence-corrected chi connectivity index (χ1v) is 13.0. The molecule has 35 heavy (non-hydrogen) atoms. The molecule has 2 heterocycles. The number of amidine groups is 1. The number of hydrogen-bond acceptors (Lipinski definition) is 4. The zero-order valence-corrected chi connectivity index (χ0v) is 21.9. The predicted molar refractivity (Wildman–Crippen MR) is 152 cm³/mol. The molecule has 1 N–H and O–H groups in total. The van der Waals surface area contributed by atoms with Gasteiger partial charge < -0.3 is 5.32 Å². The Hall–Kier alpha value is -3.27. The number of aryl methyl sites for hydroxylation is 1. The highest BCUT2D eigenvalue weighted by Gasteiger charge is 2.20. The summed E-state index contributed by atoms with van der Waals surface area (Å²) in [6.07, 6.45) is 11.3. The molecule has 2 aromatic rings. The van der Waals surface area contributed by atoms with Gasteiger partial charge in [0.1, 0.15) is 5.84 Å². The minimum atomic E-state index is 0.500. The maximum Gasteiger partial charge on any atom is 0.101 e. The molecule has 1 atom stereocenters. The van der Waals surface area contributed by atoms with Crippen molar-refractivity contribution in [3.63, 3.8) is 0 Å². The molecule has 4 rings (SSSR count). The number of benzene rings is 1. The lowest BCUT2D eigenvalue weighted by atomic mass is 9.99. The van der Waals surface area contributed by atoms with Crippen LogP contribution in [0.2, 0.25) is 0 Å². The molecule has 0 radical (unpaired) electrons. The molecule has 0 fully saturated rings. The van der Waals surface area contributed by atoms with Crippen LogP contribution in [0.5, 0.6) is 0 Å². The number of aromatic nitrogens is 1. The summed E-state index contributed by atoms with van der Waals surface area (Å²) in [4.78, 5) is 14.6. The number of fused-ring (bicyclic) bond motifs is 1. The van der Waals surface area contributed by atoms with Crippen LogP contribution in [0.15, 0.2) is 75.4 Å². The summed E-state index contributed by atoms with van der Waals surface area (Å²) in [7, 11) is 0. The highest BCUT2D eigenvalue weighted by molar-refractivity contribution is 5.96. The molecule has 4 nitrogen and oxygen atoms in total. The number of nitrogens with zero attached hydrogens (tertiary/aromatic N) is 3. The van der Waals surface area contributed by atoms with E-state index >= 15 is 0 Å². The topological polar surface area (TPSA) is 49.6 Å². The molecule has 0 spiro atoms. The fourth-order valence-corrected chi connectivity index (χ4v) is 5.00. The van der Waals surface area contributed by atoms with E-state index in [1.807, 2.05) is 13.1 Å². The molecule has 1 aliphatic heterocycles. The van der Waals surface area contributed by atoms with Crippen LogP contribution < -0.4 is 5.32 Å². The fraction of sp³-hybridized carbons (Fsp3) is 0.387. The predicted octanol–water partition coefficient (Wildman–Crippen LogP) is 7.89. The first kappa shape index (κ1) is 24.8. The lowest BCUT2D eigenvalue weighted by Crippen LogP contribution is -2.24. The summed E-state index contributed by atoms with van der Waals surface area (Å²) in [6.45, 7) is 15.9. The second-order valence-electron chi connectivity index (χ2n) is 9.51. The van der Waals surface area contributed by atoms with Crippen molar-refractivity contribution in [2.75, 3.05) is 6.54 Å². The average molecular weight is 467 g/mol. The Labute approximate surface area is 210 Å². The molecule has 0 amide bonds. The van der Waals surface area contributed by atoms with E-state index in [4.69, 9.17) is 9.98 Å². The van der Waals surface area contributed by atoms with E-state index in [-0.39, 0.29) is 0 Å². The van der Waals surface area contributed by atoms with E-state index in [1.165, 1.54) is 22.4 Å². The first-order chi connectivity index (χ1) is 16.9. The standard InChI is InChI=1S/C31H38N4/c1-7-20(4)26-14-11-24-10-12-25(34-30(24)31(26)32-9-3)13-15-28-33-17-16-27-21(5)18-23(8-2)19-22(6)29(27)35-28/h9-12,14,18-19,23H,4,7-8,13,15-17H2,1-3,5-6H3,(H,33,35). The smallest absolute Gasteiger partial charge is 0.101 e. The number of allylic oxidation sites excluding steroid dienone is 5. The Morgan fingerprint density at radius 2 is 1.89 bits per heavy atom. The van der Waals surface area contributed by atoms with Gasteiger partial charge in [0.15, 0.2) is 0 Å². The van der Waals surface area contributed by atoms with Crippen LogP contribution in [-0.4, -0.2) is 23.6 Å². The highest BCUT2D eigenvalue weighted by Crippen LogP contribution is 2.34. The monoisotopic (exact) mass is 466 g/mol. The molecule has 1 aromatic heterocycles. The Morgan fingerprint density at radius 3 is 2.63 bits per heavy atom. The van der Waals surface area contributed by atoms with Gasteiger partial charge in [0.2, 0.25) is 0 Å². The molecule has 0 bridgehead atoms. The van der Waals surface area contributed by atoms with Gasteiger partial charge in [0.05, 0.1) is 11.2 Å². The van der Waals surface area contributed by atoms with Gasteiger partial charge in [-0.25, -0.2) is 0 Å². The summed E-state index contributed by atoms with van der Waals surface area (Å²) in [5.74, 6) is 1.55. The first-order valence-electron chi connectivity index (χ1n) is 13.0. The Kier molecular flexibility index (Phi) is 7.80. The molecule has 1 aliphatic carbocycles. The average Bonchev–Trinajstić information content (AvgIpc) is 3.15. The molecule has 0 saturated carbocycles. The Bertz CT molecular complexity index is 1290. The van der Waals surface area contributed by atoms with Crippen LogP contribution in [0.25, 0.3) is 16.5 Å². The normalized spacial score (nSPS) is 18.4. The second-order valence-corrected chi connectivity index (χ2v) is 9.51. The number of aliphatic imine (C=N–C) groups is 2. The molecule has 1 aromatic carbocycles. The summed E-state index contributed by atoms with van der Waals surface area (Å²) in [5.41, 5.74) is 10.5. The van der Waals surface area contributed by atoms with Crippen molar-refractivity contribution >= 4 is 34.2 Å². The van der Waals surface area contributed by atoms with Crippen molar-refractivity contribution in [3.05, 3.63) is 76.7 Å². The van der Waals surface area contributed by atoms with Crippen molar-refractivity contribution in [1.29, 1.82) is 0 Å². The molecular weight excluding hydrogens is 428 g/mol. The lowest BCUT2D eigenvalue weighted by molar-refractivity contribution is 0.764. The third-order valence-electron chi connectivity index (χ3n) is 7.08. The van der Waals surface area contributed by atoms with Crippen molar-refractivity contribution in [3.8, 4) is 0 Å². The number of pyridine rings is 1. The van der Waals surface area contributed by atoms with Gasteiger partial charge in [-0.3, -0.25) is 15.0 Å². The van der Waals surface area contributed by atoms with Crippen molar-refractivity contribution in [2.24, 2.45) is 15.9 Å². The van der Waals surface area contributed by atoms with Crippen LogP contribution in [0, 0.1) is 5.92 Å². The van der Waals surface area contributed by atoms with Crippen LogP contribution in [0.1, 0.15) is 71.6 Å². The highest BCUT2D eigenvalue weighted by atomic mass is 15.0. The summed E-state index contributed by atoms with van der Waals surface area (Å²) >= 11 is 0. The fourth-order valence-electron chi connectivity index (χ4n) is 5.00. The maximum absolute atomic E-state index is 5.05. The van der Waals surface area contributed by atoms with Crippen LogP contribution >= 0.6 is 0 Å². The maximum atomic E-state index is 5.05. The van der Waals surface area contributed by atoms with Gasteiger partial charge in [0, 0.05) is 41.5 Å². The molecule has 4 heteroatoms. The number of rotatable bonds is 7. The van der Waals surface area contributed by atoms with Gasteiger partial charge >= 0.3 is 0 Å². The van der Waals surface area contributed by atoms with Gasteiger partial charge in [-0.05, 0) is 80.7 Å². The van der Waals surface area contributed by atoms with E-state index in [1.54, 1.807) is 0 Å². The van der Waals surface area contributed by atoms with Crippen LogP contribution in [-0.2, 0) is 6.42 Å². The molecule has 182 valence electrons.